The van der Waals surface area contributed by atoms with Crippen LogP contribution in [0.1, 0.15) is 12.8 Å². The Labute approximate surface area is 81.9 Å². The van der Waals surface area contributed by atoms with Crippen LogP contribution in [0.4, 0.5) is 0 Å². The predicted octanol–water partition coefficient (Wildman–Crippen LogP) is 1.10. The molecule has 2 heterocycles. The average molecular weight is 186 g/mol. The molecule has 0 aromatic carbocycles. The summed E-state index contributed by atoms with van der Waals surface area (Å²) in [5.74, 6) is 0.279. The molecule has 14 heavy (non-hydrogen) atoms. The zero-order valence-corrected chi connectivity index (χ0v) is 7.71. The van der Waals surface area contributed by atoms with Crippen molar-refractivity contribution in [1.82, 2.24) is 5.32 Å². The van der Waals surface area contributed by atoms with Crippen molar-refractivity contribution in [2.45, 2.75) is 12.8 Å². The minimum atomic E-state index is 0.279. The molecule has 0 saturated heterocycles. The van der Waals surface area contributed by atoms with Crippen LogP contribution >= 0.6 is 0 Å². The molecule has 0 unspecified atom stereocenters. The third-order valence-corrected chi connectivity index (χ3v) is 2.82. The lowest BCUT2D eigenvalue weighted by Crippen LogP contribution is -2.30. The van der Waals surface area contributed by atoms with Crippen LogP contribution in [-0.2, 0) is 4.79 Å². The number of hydrogen-bond donors (Lipinski definition) is 1. The molecule has 0 spiro atoms. The summed E-state index contributed by atoms with van der Waals surface area (Å²) in [5, 5.41) is 3.29. The van der Waals surface area contributed by atoms with Crippen LogP contribution in [0.2, 0.25) is 0 Å². The van der Waals surface area contributed by atoms with Gasteiger partial charge in [0.05, 0.1) is 5.70 Å². The van der Waals surface area contributed by atoms with Crippen LogP contribution < -0.4 is 5.32 Å². The van der Waals surface area contributed by atoms with E-state index in [9.17, 15) is 4.79 Å². The normalized spacial score (nSPS) is 23.9. The number of Topliss-reactive ketones (excluding diaryl/α,β-unsaturated/α-hetero) is 1. The largest absolute Gasteiger partial charge is 0.384 e. The zero-order chi connectivity index (χ0) is 9.54. The Morgan fingerprint density at radius 2 is 2.36 bits per heavy atom. The van der Waals surface area contributed by atoms with Crippen molar-refractivity contribution in [3.8, 4) is 0 Å². The molecule has 1 N–H and O–H groups in total. The molecule has 0 saturated carbocycles. The van der Waals surface area contributed by atoms with Crippen molar-refractivity contribution in [2.24, 2.45) is 4.99 Å². The number of rotatable bonds is 0. The molecule has 3 heteroatoms. The lowest BCUT2D eigenvalue weighted by Gasteiger charge is -2.25. The Balaban J connectivity index is 2.11. The highest BCUT2D eigenvalue weighted by atomic mass is 16.1. The number of nitrogens with one attached hydrogen (secondary N) is 1. The van der Waals surface area contributed by atoms with Crippen molar-refractivity contribution in [2.75, 3.05) is 6.54 Å². The number of ketones is 1. The van der Waals surface area contributed by atoms with Crippen molar-refractivity contribution >= 4 is 12.0 Å². The van der Waals surface area contributed by atoms with Gasteiger partial charge in [-0.3, -0.25) is 9.79 Å². The molecular formula is C11H10N2O. The number of allylic oxidation sites excluding steroid dienone is 3. The van der Waals surface area contributed by atoms with E-state index in [1.54, 1.807) is 0 Å². The maximum absolute atomic E-state index is 11.6. The van der Waals surface area contributed by atoms with Crippen LogP contribution in [0.3, 0.4) is 0 Å². The van der Waals surface area contributed by atoms with Crippen LogP contribution in [0.15, 0.2) is 39.7 Å². The van der Waals surface area contributed by atoms with Crippen molar-refractivity contribution in [1.29, 1.82) is 0 Å². The van der Waals surface area contributed by atoms with E-state index < -0.39 is 0 Å². The van der Waals surface area contributed by atoms with Crippen LogP contribution in [0, 0.1) is 0 Å². The van der Waals surface area contributed by atoms with Gasteiger partial charge in [-0.2, -0.15) is 0 Å². The fourth-order valence-electron chi connectivity index (χ4n) is 2.09. The summed E-state index contributed by atoms with van der Waals surface area (Å²) in [5.41, 5.74) is 4.17. The van der Waals surface area contributed by atoms with Crippen LogP contribution in [0.5, 0.6) is 0 Å². The number of carbonyl (C=O) groups excluding carboxylic acids is 1. The second-order valence-corrected chi connectivity index (χ2v) is 3.64. The van der Waals surface area contributed by atoms with E-state index in [2.05, 4.69) is 16.4 Å². The fourth-order valence-corrected chi connectivity index (χ4v) is 2.09. The summed E-state index contributed by atoms with van der Waals surface area (Å²) in [7, 11) is 0. The molecule has 0 radical (unpaired) electrons. The Bertz CT molecular complexity index is 438. The monoisotopic (exact) mass is 186 g/mol. The molecule has 2 aliphatic heterocycles. The third-order valence-electron chi connectivity index (χ3n) is 2.82. The van der Waals surface area contributed by atoms with E-state index in [1.807, 2.05) is 12.4 Å². The SMILES string of the molecule is O=C1CCNC2=C1CC=C1C=NC=C12. The number of fused-ring (bicyclic) bond motifs is 2. The van der Waals surface area contributed by atoms with Gasteiger partial charge in [-0.25, -0.2) is 0 Å². The molecule has 3 rings (SSSR count). The summed E-state index contributed by atoms with van der Waals surface area (Å²) in [4.78, 5) is 15.7. The Morgan fingerprint density at radius 1 is 1.43 bits per heavy atom. The van der Waals surface area contributed by atoms with E-state index in [1.165, 1.54) is 0 Å². The number of carbonyl (C=O) groups is 1. The Morgan fingerprint density at radius 3 is 3.29 bits per heavy atom. The first-order chi connectivity index (χ1) is 6.86. The van der Waals surface area contributed by atoms with Crippen molar-refractivity contribution in [3.63, 3.8) is 0 Å². The van der Waals surface area contributed by atoms with E-state index in [0.29, 0.717) is 6.42 Å². The molecule has 0 aromatic heterocycles. The Kier molecular flexibility index (Phi) is 1.48. The van der Waals surface area contributed by atoms with Crippen molar-refractivity contribution < 1.29 is 4.79 Å². The summed E-state index contributed by atoms with van der Waals surface area (Å²) in [6.07, 6.45) is 7.12. The maximum atomic E-state index is 11.6. The van der Waals surface area contributed by atoms with Gasteiger partial charge in [-0.05, 0) is 12.0 Å². The molecule has 0 atom stereocenters. The van der Waals surface area contributed by atoms with Gasteiger partial charge in [-0.15, -0.1) is 0 Å². The van der Waals surface area contributed by atoms with E-state index in [-0.39, 0.29) is 5.78 Å². The zero-order valence-electron chi connectivity index (χ0n) is 7.71. The highest BCUT2D eigenvalue weighted by molar-refractivity contribution is 6.01. The Hall–Kier alpha value is -1.64. The van der Waals surface area contributed by atoms with Gasteiger partial charge in [-0.1, -0.05) is 6.08 Å². The van der Waals surface area contributed by atoms with Gasteiger partial charge in [0.25, 0.3) is 0 Å². The molecule has 3 aliphatic rings. The van der Waals surface area contributed by atoms with Gasteiger partial charge < -0.3 is 5.32 Å². The average Bonchev–Trinajstić information content (AvgIpc) is 2.66. The molecule has 0 fully saturated rings. The van der Waals surface area contributed by atoms with E-state index >= 15 is 0 Å². The first-order valence-electron chi connectivity index (χ1n) is 4.81. The summed E-state index contributed by atoms with van der Waals surface area (Å²) >= 11 is 0. The summed E-state index contributed by atoms with van der Waals surface area (Å²) < 4.78 is 0. The summed E-state index contributed by atoms with van der Waals surface area (Å²) in [6.45, 7) is 0.752. The standard InChI is InChI=1S/C11H10N2O/c14-10-3-4-13-11-8(10)2-1-7-5-12-6-9(7)11/h1,5-6,13H,2-4H2. The first kappa shape index (κ1) is 7.74. The minimum Gasteiger partial charge on any atom is -0.384 e. The third kappa shape index (κ3) is 0.923. The van der Waals surface area contributed by atoms with Crippen molar-refractivity contribution in [3.05, 3.63) is 34.7 Å². The lowest BCUT2D eigenvalue weighted by molar-refractivity contribution is -0.116. The molecule has 0 aromatic rings. The predicted molar refractivity (Wildman–Crippen MR) is 53.9 cm³/mol. The highest BCUT2D eigenvalue weighted by Gasteiger charge is 2.27. The smallest absolute Gasteiger partial charge is 0.163 e. The van der Waals surface area contributed by atoms with Gasteiger partial charge in [0, 0.05) is 36.5 Å². The van der Waals surface area contributed by atoms with Gasteiger partial charge in [0.1, 0.15) is 0 Å². The van der Waals surface area contributed by atoms with Gasteiger partial charge in [0.2, 0.25) is 0 Å². The van der Waals surface area contributed by atoms with E-state index in [4.69, 9.17) is 0 Å². The molecule has 3 nitrogen and oxygen atoms in total. The minimum absolute atomic E-state index is 0.279. The van der Waals surface area contributed by atoms with E-state index in [0.717, 1.165) is 35.4 Å². The summed E-state index contributed by atoms with van der Waals surface area (Å²) in [6, 6.07) is 0. The quantitative estimate of drug-likeness (QED) is 0.615. The number of hydrogen-bond acceptors (Lipinski definition) is 3. The second kappa shape index (κ2) is 2.67. The van der Waals surface area contributed by atoms with Gasteiger partial charge >= 0.3 is 0 Å². The lowest BCUT2D eigenvalue weighted by atomic mass is 9.88. The number of nitrogens with zero attached hydrogens (tertiary/aromatic N) is 1. The first-order valence-corrected chi connectivity index (χ1v) is 4.81. The molecule has 1 aliphatic carbocycles. The molecule has 0 amide bonds. The van der Waals surface area contributed by atoms with Gasteiger partial charge in [0.15, 0.2) is 5.78 Å². The topological polar surface area (TPSA) is 41.5 Å². The molecule has 70 valence electrons. The molecule has 0 bridgehead atoms. The molecular weight excluding hydrogens is 176 g/mol. The fraction of sp³-hybridized carbons (Fsp3) is 0.273. The van der Waals surface area contributed by atoms with Crippen LogP contribution in [0.25, 0.3) is 0 Å². The van der Waals surface area contributed by atoms with Crippen LogP contribution in [-0.4, -0.2) is 18.5 Å². The highest BCUT2D eigenvalue weighted by Crippen LogP contribution is 2.32. The maximum Gasteiger partial charge on any atom is 0.163 e. The second-order valence-electron chi connectivity index (χ2n) is 3.64. The number of aliphatic imine (C=N–C) groups is 1.